The third-order valence-corrected chi connectivity index (χ3v) is 6.24. The first-order valence-corrected chi connectivity index (χ1v) is 12.6. The number of H-pyrrole nitrogens is 1. The Morgan fingerprint density at radius 3 is 2.53 bits per heavy atom. The second kappa shape index (κ2) is 11.1. The first kappa shape index (κ1) is 23.6. The Morgan fingerprint density at radius 2 is 1.75 bits per heavy atom. The molecule has 36 heavy (non-hydrogen) atoms. The molecule has 0 atom stereocenters. The Morgan fingerprint density at radius 1 is 1.00 bits per heavy atom. The van der Waals surface area contributed by atoms with Crippen LogP contribution in [0.5, 0.6) is 5.75 Å². The van der Waals surface area contributed by atoms with E-state index in [0.29, 0.717) is 17.9 Å². The Kier molecular flexibility index (Phi) is 7.25. The number of unbranched alkanes of at least 4 members (excludes halogenated alkanes) is 6. The van der Waals surface area contributed by atoms with Gasteiger partial charge in [0.05, 0.1) is 12.1 Å². The van der Waals surface area contributed by atoms with Crippen LogP contribution < -0.4 is 10.1 Å². The van der Waals surface area contributed by atoms with Crippen molar-refractivity contribution in [3.05, 3.63) is 60.4 Å². The zero-order valence-electron chi connectivity index (χ0n) is 20.4. The number of para-hydroxylation sites is 2. The molecular weight excluding hydrogens is 456 g/mol. The lowest BCUT2D eigenvalue weighted by Crippen LogP contribution is -2.14. The summed E-state index contributed by atoms with van der Waals surface area (Å²) in [5.41, 5.74) is 3.25. The molecule has 0 saturated heterocycles. The molecule has 5 rings (SSSR count). The Balaban J connectivity index is 1.51. The fourth-order valence-electron chi connectivity index (χ4n) is 4.51. The maximum absolute atomic E-state index is 13.2. The van der Waals surface area contributed by atoms with Crippen LogP contribution in [0.2, 0.25) is 0 Å². The zero-order valence-corrected chi connectivity index (χ0v) is 20.4. The van der Waals surface area contributed by atoms with Crippen LogP contribution in [0.15, 0.2) is 59.0 Å². The van der Waals surface area contributed by atoms with Crippen molar-refractivity contribution in [1.29, 1.82) is 0 Å². The Hall–Kier alpha value is -4.14. The van der Waals surface area contributed by atoms with Gasteiger partial charge in [0.1, 0.15) is 5.52 Å². The van der Waals surface area contributed by atoms with Gasteiger partial charge in [0.2, 0.25) is 5.76 Å². The second-order valence-corrected chi connectivity index (χ2v) is 8.79. The highest BCUT2D eigenvalue weighted by atomic mass is 16.5. The number of nitrogens with one attached hydrogen (secondary N) is 2. The van der Waals surface area contributed by atoms with Gasteiger partial charge < -0.3 is 13.7 Å². The van der Waals surface area contributed by atoms with Gasteiger partial charge in [0.25, 0.3) is 11.9 Å². The van der Waals surface area contributed by atoms with Gasteiger partial charge in [-0.1, -0.05) is 80.9 Å². The number of fused-ring (bicyclic) bond motifs is 3. The number of hydrogen-bond acceptors (Lipinski definition) is 6. The number of hydrogen-bond donors (Lipinski definition) is 2. The zero-order chi connectivity index (χ0) is 24.7. The van der Waals surface area contributed by atoms with Crippen molar-refractivity contribution in [3.8, 4) is 11.4 Å². The highest BCUT2D eigenvalue weighted by Crippen LogP contribution is 2.42. The summed E-state index contributed by atoms with van der Waals surface area (Å²) in [6.45, 7) is 2.71. The van der Waals surface area contributed by atoms with E-state index in [1.54, 1.807) is 0 Å². The minimum Gasteiger partial charge on any atom is -0.487 e. The van der Waals surface area contributed by atoms with Crippen LogP contribution >= 0.6 is 0 Å². The minimum atomic E-state index is -0.495. The van der Waals surface area contributed by atoms with E-state index in [-0.39, 0.29) is 11.7 Å². The van der Waals surface area contributed by atoms with Crippen LogP contribution in [-0.4, -0.2) is 37.7 Å². The first-order chi connectivity index (χ1) is 17.8. The fraction of sp³-hybridized carbons (Fsp3) is 0.333. The number of anilines is 1. The van der Waals surface area contributed by atoms with E-state index in [2.05, 4.69) is 37.4 Å². The van der Waals surface area contributed by atoms with Gasteiger partial charge in [0, 0.05) is 11.1 Å². The van der Waals surface area contributed by atoms with E-state index < -0.39 is 5.91 Å². The quantitative estimate of drug-likeness (QED) is 0.201. The van der Waals surface area contributed by atoms with Gasteiger partial charge >= 0.3 is 0 Å². The fourth-order valence-corrected chi connectivity index (χ4v) is 4.51. The number of aromatic nitrogens is 5. The van der Waals surface area contributed by atoms with Crippen LogP contribution in [0.3, 0.4) is 0 Å². The molecule has 0 unspecified atom stereocenters. The number of tetrazole rings is 1. The molecule has 9 heteroatoms. The standard InChI is InChI=1S/C27H30N6O3/c1-2-3-4-5-6-7-13-18-35-24-22-23(36-25(24)26(34)28-27-29-31-32-30-27)20-16-11-12-17-21(20)33(22)19-14-9-8-10-15-19/h8-12,14-17H,2-7,13,18H2,1H3,(H2,28,29,30,31,32,34). The third kappa shape index (κ3) is 4.82. The number of rotatable bonds is 12. The molecule has 0 bridgehead atoms. The molecule has 3 heterocycles. The number of furan rings is 1. The van der Waals surface area contributed by atoms with Crippen molar-refractivity contribution >= 4 is 33.9 Å². The smallest absolute Gasteiger partial charge is 0.297 e. The molecule has 5 aromatic rings. The molecule has 9 nitrogen and oxygen atoms in total. The Bertz CT molecular complexity index is 1420. The van der Waals surface area contributed by atoms with Crippen molar-refractivity contribution < 1.29 is 13.9 Å². The molecule has 0 aliphatic carbocycles. The van der Waals surface area contributed by atoms with E-state index in [4.69, 9.17) is 9.15 Å². The van der Waals surface area contributed by atoms with E-state index >= 15 is 0 Å². The van der Waals surface area contributed by atoms with Gasteiger partial charge in [-0.3, -0.25) is 10.1 Å². The molecule has 1 amide bonds. The minimum absolute atomic E-state index is 0.0647. The van der Waals surface area contributed by atoms with Crippen molar-refractivity contribution in [1.82, 2.24) is 25.2 Å². The van der Waals surface area contributed by atoms with Crippen molar-refractivity contribution in [2.45, 2.75) is 51.9 Å². The summed E-state index contributed by atoms with van der Waals surface area (Å²) in [5, 5.41) is 17.0. The van der Waals surface area contributed by atoms with Gasteiger partial charge in [-0.2, -0.15) is 5.21 Å². The molecule has 3 aromatic heterocycles. The number of carbonyl (C=O) groups excluding carboxylic acids is 1. The summed E-state index contributed by atoms with van der Waals surface area (Å²) in [5.74, 6) is 0.0703. The maximum atomic E-state index is 13.2. The van der Waals surface area contributed by atoms with E-state index in [1.807, 2.05) is 54.6 Å². The van der Waals surface area contributed by atoms with Crippen molar-refractivity contribution in [2.75, 3.05) is 11.9 Å². The number of amides is 1. The first-order valence-electron chi connectivity index (χ1n) is 12.6. The molecule has 0 aliphatic heterocycles. The van der Waals surface area contributed by atoms with Gasteiger partial charge in [0.15, 0.2) is 11.3 Å². The summed E-state index contributed by atoms with van der Waals surface area (Å²) < 4.78 is 14.6. The molecule has 186 valence electrons. The van der Waals surface area contributed by atoms with Crippen LogP contribution in [0, 0.1) is 0 Å². The predicted molar refractivity (Wildman–Crippen MR) is 139 cm³/mol. The largest absolute Gasteiger partial charge is 0.487 e. The average molecular weight is 487 g/mol. The molecule has 0 radical (unpaired) electrons. The summed E-state index contributed by atoms with van der Waals surface area (Å²) in [4.78, 5) is 13.2. The summed E-state index contributed by atoms with van der Waals surface area (Å²) in [6, 6.07) is 18.0. The van der Waals surface area contributed by atoms with Crippen LogP contribution in [-0.2, 0) is 0 Å². The van der Waals surface area contributed by atoms with Crippen LogP contribution in [0.4, 0.5) is 5.95 Å². The van der Waals surface area contributed by atoms with Gasteiger partial charge in [-0.05, 0) is 35.9 Å². The molecular formula is C27H30N6O3. The molecule has 0 spiro atoms. The van der Waals surface area contributed by atoms with E-state index in [9.17, 15) is 4.79 Å². The van der Waals surface area contributed by atoms with E-state index in [0.717, 1.165) is 34.9 Å². The number of nitrogens with zero attached hydrogens (tertiary/aromatic N) is 4. The topological polar surface area (TPSA) is 111 Å². The number of carbonyl (C=O) groups is 1. The van der Waals surface area contributed by atoms with Crippen LogP contribution in [0.25, 0.3) is 27.7 Å². The lowest BCUT2D eigenvalue weighted by molar-refractivity contribution is 0.0992. The molecule has 0 fully saturated rings. The number of aromatic amines is 1. The van der Waals surface area contributed by atoms with E-state index in [1.165, 1.54) is 32.1 Å². The van der Waals surface area contributed by atoms with Gasteiger partial charge in [-0.15, -0.1) is 5.10 Å². The lowest BCUT2D eigenvalue weighted by atomic mass is 10.1. The summed E-state index contributed by atoms with van der Waals surface area (Å²) in [7, 11) is 0. The Labute approximate surface area is 208 Å². The number of ether oxygens (including phenoxy) is 1. The molecule has 2 N–H and O–H groups in total. The number of benzene rings is 2. The van der Waals surface area contributed by atoms with Crippen molar-refractivity contribution in [3.63, 3.8) is 0 Å². The highest BCUT2D eigenvalue weighted by molar-refractivity contribution is 6.14. The van der Waals surface area contributed by atoms with Crippen molar-refractivity contribution in [2.24, 2.45) is 0 Å². The third-order valence-electron chi connectivity index (χ3n) is 6.24. The summed E-state index contributed by atoms with van der Waals surface area (Å²) in [6.07, 6.45) is 8.20. The normalized spacial score (nSPS) is 11.4. The lowest BCUT2D eigenvalue weighted by Gasteiger charge is -2.11. The average Bonchev–Trinajstić information content (AvgIpc) is 3.62. The van der Waals surface area contributed by atoms with Crippen LogP contribution in [0.1, 0.15) is 62.4 Å². The SMILES string of the molecule is CCCCCCCCCOc1c(C(=O)Nc2nn[nH]n2)oc2c3ccccc3n(-c3ccccc3)c12. The summed E-state index contributed by atoms with van der Waals surface area (Å²) >= 11 is 0. The molecule has 2 aromatic carbocycles. The predicted octanol–water partition coefficient (Wildman–Crippen LogP) is 6.27. The molecule has 0 saturated carbocycles. The second-order valence-electron chi connectivity index (χ2n) is 8.79. The monoisotopic (exact) mass is 486 g/mol. The molecule has 0 aliphatic rings. The highest BCUT2D eigenvalue weighted by Gasteiger charge is 2.29. The maximum Gasteiger partial charge on any atom is 0.297 e. The van der Waals surface area contributed by atoms with Gasteiger partial charge in [-0.25, -0.2) is 0 Å².